The molecule has 3 aromatic rings. The highest BCUT2D eigenvalue weighted by Crippen LogP contribution is 2.20. The van der Waals surface area contributed by atoms with Crippen LogP contribution in [-0.4, -0.2) is 20.9 Å². The number of amides is 1. The number of hydrogen-bond donors (Lipinski definition) is 1. The average Bonchev–Trinajstić information content (AvgIpc) is 2.90. The van der Waals surface area contributed by atoms with Gasteiger partial charge in [-0.3, -0.25) is 4.79 Å². The summed E-state index contributed by atoms with van der Waals surface area (Å²) in [4.78, 5) is 24.1. The van der Waals surface area contributed by atoms with Gasteiger partial charge in [-0.15, -0.1) is 0 Å². The number of rotatable bonds is 3. The van der Waals surface area contributed by atoms with E-state index in [9.17, 15) is 4.79 Å². The fourth-order valence-electron chi connectivity index (χ4n) is 1.83. The summed E-state index contributed by atoms with van der Waals surface area (Å²) in [5.41, 5.74) is 2.19. The molecule has 1 N–H and O–H groups in total. The van der Waals surface area contributed by atoms with Crippen molar-refractivity contribution in [1.29, 1.82) is 0 Å². The van der Waals surface area contributed by atoms with Crippen molar-refractivity contribution in [3.63, 3.8) is 0 Å². The lowest BCUT2D eigenvalue weighted by molar-refractivity contribution is 0.102. The number of carbonyl (C=O) groups excluding carboxylic acids is 1. The molecule has 0 saturated heterocycles. The molecule has 0 saturated carbocycles. The van der Waals surface area contributed by atoms with Crippen LogP contribution < -0.4 is 5.32 Å². The lowest BCUT2D eigenvalue weighted by atomic mass is 10.2. The molecule has 0 aliphatic rings. The summed E-state index contributed by atoms with van der Waals surface area (Å²) in [7, 11) is 0. The molecule has 1 aromatic carbocycles. The zero-order chi connectivity index (χ0) is 14.8. The molecule has 2 aromatic heterocycles. The van der Waals surface area contributed by atoms with Crippen molar-refractivity contribution < 1.29 is 9.21 Å². The summed E-state index contributed by atoms with van der Waals surface area (Å²) in [5, 5.41) is 2.97. The third-order valence-electron chi connectivity index (χ3n) is 2.85. The number of hydrogen-bond acceptors (Lipinski definition) is 5. The van der Waals surface area contributed by atoms with E-state index < -0.39 is 0 Å². The molecular formula is C14H11ClN4O2. The molecule has 0 radical (unpaired) electrons. The van der Waals surface area contributed by atoms with E-state index in [1.807, 2.05) is 6.92 Å². The largest absolute Gasteiger partial charge is 0.441 e. The maximum Gasteiger partial charge on any atom is 0.275 e. The number of anilines is 1. The lowest BCUT2D eigenvalue weighted by Crippen LogP contribution is -2.13. The summed E-state index contributed by atoms with van der Waals surface area (Å²) in [6.45, 7) is 1.96. The summed E-state index contributed by atoms with van der Waals surface area (Å²) in [6.07, 6.45) is 3.36. The normalized spacial score (nSPS) is 10.8. The van der Waals surface area contributed by atoms with E-state index in [0.29, 0.717) is 22.7 Å². The number of nitrogens with zero attached hydrogens (tertiary/aromatic N) is 3. The van der Waals surface area contributed by atoms with E-state index in [0.717, 1.165) is 6.42 Å². The Labute approximate surface area is 125 Å². The zero-order valence-corrected chi connectivity index (χ0v) is 11.9. The number of carbonyl (C=O) groups is 1. The van der Waals surface area contributed by atoms with Crippen molar-refractivity contribution in [1.82, 2.24) is 15.0 Å². The smallest absolute Gasteiger partial charge is 0.275 e. The van der Waals surface area contributed by atoms with Crippen LogP contribution in [0.5, 0.6) is 0 Å². The second-order valence-electron chi connectivity index (χ2n) is 4.32. The number of benzene rings is 1. The van der Waals surface area contributed by atoms with Gasteiger partial charge in [-0.25, -0.2) is 15.0 Å². The van der Waals surface area contributed by atoms with Gasteiger partial charge in [0, 0.05) is 12.1 Å². The van der Waals surface area contributed by atoms with Crippen LogP contribution in [0.25, 0.3) is 11.1 Å². The first-order valence-electron chi connectivity index (χ1n) is 6.34. The summed E-state index contributed by atoms with van der Waals surface area (Å²) < 4.78 is 5.51. The second-order valence-corrected chi connectivity index (χ2v) is 4.71. The van der Waals surface area contributed by atoms with Gasteiger partial charge in [-0.1, -0.05) is 18.5 Å². The number of oxazole rings is 1. The molecule has 0 bridgehead atoms. The SMILES string of the molecule is CCc1nc2cc(NC(=O)c3cnc(Cl)cn3)ccc2o1. The van der Waals surface area contributed by atoms with Crippen molar-refractivity contribution in [3.8, 4) is 0 Å². The fraction of sp³-hybridized carbons (Fsp3) is 0.143. The van der Waals surface area contributed by atoms with Crippen LogP contribution in [0.2, 0.25) is 5.15 Å². The van der Waals surface area contributed by atoms with Crippen molar-refractivity contribution >= 4 is 34.3 Å². The van der Waals surface area contributed by atoms with Gasteiger partial charge < -0.3 is 9.73 Å². The van der Waals surface area contributed by atoms with Gasteiger partial charge in [-0.2, -0.15) is 0 Å². The molecule has 0 aliphatic carbocycles. The Kier molecular flexibility index (Phi) is 3.53. The van der Waals surface area contributed by atoms with Crippen molar-refractivity contribution in [2.75, 3.05) is 5.32 Å². The molecule has 0 fully saturated rings. The molecule has 0 unspecified atom stereocenters. The van der Waals surface area contributed by atoms with Crippen LogP contribution in [0.3, 0.4) is 0 Å². The molecule has 106 valence electrons. The van der Waals surface area contributed by atoms with E-state index >= 15 is 0 Å². The Morgan fingerprint density at radius 2 is 2.19 bits per heavy atom. The van der Waals surface area contributed by atoms with E-state index in [2.05, 4.69) is 20.3 Å². The lowest BCUT2D eigenvalue weighted by Gasteiger charge is -2.03. The van der Waals surface area contributed by atoms with Gasteiger partial charge in [0.1, 0.15) is 16.4 Å². The predicted molar refractivity (Wildman–Crippen MR) is 78.4 cm³/mol. The minimum Gasteiger partial charge on any atom is -0.441 e. The topological polar surface area (TPSA) is 80.9 Å². The zero-order valence-electron chi connectivity index (χ0n) is 11.1. The van der Waals surface area contributed by atoms with Crippen molar-refractivity contribution in [2.45, 2.75) is 13.3 Å². The van der Waals surface area contributed by atoms with E-state index in [-0.39, 0.29) is 16.8 Å². The average molecular weight is 303 g/mol. The minimum atomic E-state index is -0.363. The Morgan fingerprint density at radius 3 is 2.90 bits per heavy atom. The van der Waals surface area contributed by atoms with Crippen LogP contribution in [0.1, 0.15) is 23.3 Å². The van der Waals surface area contributed by atoms with Crippen LogP contribution >= 0.6 is 11.6 Å². The molecule has 0 aliphatic heterocycles. The van der Waals surface area contributed by atoms with E-state index in [1.165, 1.54) is 12.4 Å². The Balaban J connectivity index is 1.83. The van der Waals surface area contributed by atoms with Gasteiger partial charge in [0.25, 0.3) is 5.91 Å². The first-order chi connectivity index (χ1) is 10.2. The summed E-state index contributed by atoms with van der Waals surface area (Å²) >= 11 is 5.63. The Hall–Kier alpha value is -2.47. The van der Waals surface area contributed by atoms with Crippen LogP contribution in [0.4, 0.5) is 5.69 Å². The molecule has 3 rings (SSSR count). The highest BCUT2D eigenvalue weighted by Gasteiger charge is 2.10. The minimum absolute atomic E-state index is 0.189. The standard InChI is InChI=1S/C14H11ClN4O2/c1-2-13-19-9-5-8(3-4-11(9)21-13)18-14(20)10-6-17-12(15)7-16-10/h3-7H,2H2,1H3,(H,18,20). The number of nitrogens with one attached hydrogen (secondary N) is 1. The van der Waals surface area contributed by atoms with E-state index in [1.54, 1.807) is 18.2 Å². The third-order valence-corrected chi connectivity index (χ3v) is 3.04. The highest BCUT2D eigenvalue weighted by atomic mass is 35.5. The van der Waals surface area contributed by atoms with Gasteiger partial charge in [-0.05, 0) is 18.2 Å². The third kappa shape index (κ3) is 2.85. The first kappa shape index (κ1) is 13.5. The second kappa shape index (κ2) is 5.49. The monoisotopic (exact) mass is 302 g/mol. The summed E-state index contributed by atoms with van der Waals surface area (Å²) in [6, 6.07) is 5.26. The molecule has 0 atom stereocenters. The molecule has 7 heteroatoms. The van der Waals surface area contributed by atoms with Crippen molar-refractivity contribution in [2.24, 2.45) is 0 Å². The molecule has 1 amide bonds. The van der Waals surface area contributed by atoms with Crippen molar-refractivity contribution in [3.05, 3.63) is 47.3 Å². The number of aromatic nitrogens is 3. The predicted octanol–water partition coefficient (Wildman–Crippen LogP) is 3.09. The summed E-state index contributed by atoms with van der Waals surface area (Å²) in [5.74, 6) is 0.301. The van der Waals surface area contributed by atoms with Crippen LogP contribution in [-0.2, 0) is 6.42 Å². The van der Waals surface area contributed by atoms with Gasteiger partial charge in [0.15, 0.2) is 11.5 Å². The van der Waals surface area contributed by atoms with Gasteiger partial charge in [0.05, 0.1) is 12.4 Å². The van der Waals surface area contributed by atoms with Gasteiger partial charge >= 0.3 is 0 Å². The highest BCUT2D eigenvalue weighted by molar-refractivity contribution is 6.29. The van der Waals surface area contributed by atoms with Crippen LogP contribution in [0, 0.1) is 0 Å². The molecule has 6 nitrogen and oxygen atoms in total. The van der Waals surface area contributed by atoms with Gasteiger partial charge in [0.2, 0.25) is 0 Å². The number of fused-ring (bicyclic) bond motifs is 1. The first-order valence-corrected chi connectivity index (χ1v) is 6.72. The van der Waals surface area contributed by atoms with Crippen LogP contribution in [0.15, 0.2) is 35.0 Å². The fourth-order valence-corrected chi connectivity index (χ4v) is 1.93. The molecule has 2 heterocycles. The molecule has 21 heavy (non-hydrogen) atoms. The Bertz CT molecular complexity index is 798. The molecule has 0 spiro atoms. The maximum absolute atomic E-state index is 12.0. The van der Waals surface area contributed by atoms with E-state index in [4.69, 9.17) is 16.0 Å². The number of aryl methyl sites for hydroxylation is 1. The Morgan fingerprint density at radius 1 is 1.33 bits per heavy atom. The quantitative estimate of drug-likeness (QED) is 0.804. The maximum atomic E-state index is 12.0. The molecular weight excluding hydrogens is 292 g/mol. The number of halogens is 1.